The first-order chi connectivity index (χ1) is 23.8. The summed E-state index contributed by atoms with van der Waals surface area (Å²) in [6, 6.07) is 4.95. The number of aromatic nitrogens is 4. The number of aryl methyl sites for hydroxylation is 1. The summed E-state index contributed by atoms with van der Waals surface area (Å²) >= 11 is 0. The number of benzene rings is 1. The number of rotatable bonds is 6. The number of nitrogens with zero attached hydrogens (tertiary/aromatic N) is 5. The molecule has 2 bridgehead atoms. The molecule has 0 radical (unpaired) electrons. The molecule has 1 aromatic carbocycles. The van der Waals surface area contributed by atoms with Crippen LogP contribution in [0.25, 0.3) is 11.0 Å². The lowest BCUT2D eigenvalue weighted by molar-refractivity contribution is -0.139. The summed E-state index contributed by atoms with van der Waals surface area (Å²) < 4.78 is 18.6. The van der Waals surface area contributed by atoms with Crippen molar-refractivity contribution in [2.24, 2.45) is 29.6 Å². The van der Waals surface area contributed by atoms with Gasteiger partial charge in [-0.3, -0.25) is 19.6 Å². The monoisotopic (exact) mass is 670 g/mol. The quantitative estimate of drug-likeness (QED) is 0.377. The van der Waals surface area contributed by atoms with Crippen molar-refractivity contribution in [1.29, 1.82) is 0 Å². The number of alkyl carbamates (subject to hydrolysis) is 1. The zero-order valence-electron chi connectivity index (χ0n) is 28.5. The SMILES string of the molecule is CCC1C2CN(C(=O)CNC(=O)OC3CC4CC4C3CCCCCc3nc4ccc(OCc5cnccn5)cc4nc3O2)C1C(=O)C(C)C. The van der Waals surface area contributed by atoms with Gasteiger partial charge < -0.3 is 24.4 Å². The molecule has 4 heterocycles. The molecule has 2 saturated carbocycles. The predicted octanol–water partition coefficient (Wildman–Crippen LogP) is 5.08. The van der Waals surface area contributed by atoms with Crippen LogP contribution in [-0.2, 0) is 27.4 Å². The zero-order valence-corrected chi connectivity index (χ0v) is 28.5. The first-order valence-corrected chi connectivity index (χ1v) is 17.9. The van der Waals surface area contributed by atoms with Gasteiger partial charge in [0, 0.05) is 30.3 Å². The summed E-state index contributed by atoms with van der Waals surface area (Å²) in [5.41, 5.74) is 2.84. The molecule has 4 aliphatic rings. The minimum atomic E-state index is -0.674. The van der Waals surface area contributed by atoms with Crippen LogP contribution in [0.4, 0.5) is 4.79 Å². The number of ether oxygens (including phenoxy) is 3. The molecular weight excluding hydrogens is 624 g/mol. The predicted molar refractivity (Wildman–Crippen MR) is 180 cm³/mol. The molecule has 12 nitrogen and oxygen atoms in total. The third kappa shape index (κ3) is 7.19. The second-order valence-corrected chi connectivity index (χ2v) is 14.3. The van der Waals surface area contributed by atoms with E-state index in [1.54, 1.807) is 23.5 Å². The standard InChI is InChI=1S/C37H46N6O6/c1-4-25-32-19-43(34(25)35(45)21(2)3)33(44)18-40-37(46)49-31-15-22-14-27(22)26(31)8-6-5-7-9-29-36(48-32)42-30-16-24(10-11-28(30)41-29)47-20-23-17-38-12-13-39-23/h10-13,16-17,21-22,25-27,31-32,34H,4-9,14-15,18-20H2,1-3H3,(H,40,46). The molecule has 2 aliphatic carbocycles. The van der Waals surface area contributed by atoms with E-state index in [1.165, 1.54) is 6.42 Å². The van der Waals surface area contributed by atoms with Gasteiger partial charge in [-0.25, -0.2) is 14.8 Å². The van der Waals surface area contributed by atoms with Crippen molar-refractivity contribution in [1.82, 2.24) is 30.2 Å². The number of amides is 2. The van der Waals surface area contributed by atoms with E-state index in [2.05, 4.69) is 15.3 Å². The number of ketones is 1. The normalized spacial score (nSPS) is 28.7. The smallest absolute Gasteiger partial charge is 0.407 e. The Morgan fingerprint density at radius 1 is 1.04 bits per heavy atom. The molecular formula is C37H46N6O6. The van der Waals surface area contributed by atoms with E-state index in [0.29, 0.717) is 53.4 Å². The highest BCUT2D eigenvalue weighted by Gasteiger charge is 2.54. The van der Waals surface area contributed by atoms with Gasteiger partial charge in [-0.15, -0.1) is 0 Å². The van der Waals surface area contributed by atoms with Crippen LogP contribution in [0.1, 0.15) is 77.1 Å². The van der Waals surface area contributed by atoms with Crippen LogP contribution in [0, 0.1) is 29.6 Å². The van der Waals surface area contributed by atoms with Crippen molar-refractivity contribution in [3.05, 3.63) is 48.2 Å². The highest BCUT2D eigenvalue weighted by atomic mass is 16.6. The van der Waals surface area contributed by atoms with Crippen LogP contribution in [-0.4, -0.2) is 74.0 Å². The Kier molecular flexibility index (Phi) is 9.64. The van der Waals surface area contributed by atoms with Crippen molar-refractivity contribution in [2.45, 2.75) is 97.0 Å². The molecule has 3 fully saturated rings. The van der Waals surface area contributed by atoms with Gasteiger partial charge in [0.15, 0.2) is 5.78 Å². The fourth-order valence-electron chi connectivity index (χ4n) is 8.19. The molecule has 2 aliphatic heterocycles. The molecule has 7 rings (SSSR count). The average Bonchev–Trinajstić information content (AvgIpc) is 3.64. The fraction of sp³-hybridized carbons (Fsp3) is 0.595. The Hall–Kier alpha value is -4.35. The highest BCUT2D eigenvalue weighted by Crippen LogP contribution is 2.57. The van der Waals surface area contributed by atoms with Crippen molar-refractivity contribution in [2.75, 3.05) is 13.1 Å². The third-order valence-corrected chi connectivity index (χ3v) is 10.8. The Balaban J connectivity index is 1.19. The lowest BCUT2D eigenvalue weighted by Crippen LogP contribution is -2.48. The second kappa shape index (κ2) is 14.2. The first-order valence-electron chi connectivity index (χ1n) is 17.9. The van der Waals surface area contributed by atoms with E-state index >= 15 is 0 Å². The van der Waals surface area contributed by atoms with E-state index in [-0.39, 0.29) is 49.3 Å². The van der Waals surface area contributed by atoms with E-state index in [1.807, 2.05) is 39.0 Å². The van der Waals surface area contributed by atoms with Crippen LogP contribution in [0.3, 0.4) is 0 Å². The van der Waals surface area contributed by atoms with Crippen LogP contribution >= 0.6 is 0 Å². The summed E-state index contributed by atoms with van der Waals surface area (Å²) in [5.74, 6) is 1.76. The van der Waals surface area contributed by atoms with E-state index < -0.39 is 18.2 Å². The molecule has 7 atom stereocenters. The lowest BCUT2D eigenvalue weighted by Gasteiger charge is -2.28. The molecule has 3 aromatic rings. The maximum atomic E-state index is 13.7. The van der Waals surface area contributed by atoms with E-state index in [4.69, 9.17) is 24.2 Å². The summed E-state index contributed by atoms with van der Waals surface area (Å²) in [4.78, 5) is 60.2. The third-order valence-electron chi connectivity index (χ3n) is 10.8. The van der Waals surface area contributed by atoms with Gasteiger partial charge in [-0.2, -0.15) is 0 Å². The molecule has 12 heteroatoms. The van der Waals surface area contributed by atoms with Gasteiger partial charge in [0.2, 0.25) is 11.8 Å². The molecule has 49 heavy (non-hydrogen) atoms. The Labute approximate surface area is 286 Å². The Morgan fingerprint density at radius 2 is 1.92 bits per heavy atom. The summed E-state index contributed by atoms with van der Waals surface area (Å²) in [6.07, 6.45) is 11.1. The van der Waals surface area contributed by atoms with Crippen molar-refractivity contribution < 1.29 is 28.6 Å². The minimum Gasteiger partial charge on any atom is -0.487 e. The molecule has 260 valence electrons. The van der Waals surface area contributed by atoms with Crippen molar-refractivity contribution in [3.8, 4) is 11.6 Å². The zero-order chi connectivity index (χ0) is 34.1. The van der Waals surface area contributed by atoms with Gasteiger partial charge in [-0.05, 0) is 68.4 Å². The van der Waals surface area contributed by atoms with Crippen LogP contribution in [0.15, 0.2) is 36.8 Å². The number of hydrogen-bond donors (Lipinski definition) is 1. The summed E-state index contributed by atoms with van der Waals surface area (Å²) in [5, 5.41) is 2.70. The number of nitrogens with one attached hydrogen (secondary N) is 1. The second-order valence-electron chi connectivity index (χ2n) is 14.3. The average molecular weight is 671 g/mol. The van der Waals surface area contributed by atoms with E-state index in [0.717, 1.165) is 43.3 Å². The van der Waals surface area contributed by atoms with Crippen LogP contribution in [0.2, 0.25) is 0 Å². The molecule has 7 unspecified atom stereocenters. The van der Waals surface area contributed by atoms with Gasteiger partial charge in [-0.1, -0.05) is 33.6 Å². The van der Waals surface area contributed by atoms with Crippen LogP contribution < -0.4 is 14.8 Å². The minimum absolute atomic E-state index is 0.0255. The molecule has 2 amide bonds. The van der Waals surface area contributed by atoms with Gasteiger partial charge in [0.05, 0.1) is 35.5 Å². The van der Waals surface area contributed by atoms with Crippen molar-refractivity contribution in [3.63, 3.8) is 0 Å². The first kappa shape index (κ1) is 33.2. The van der Waals surface area contributed by atoms with Gasteiger partial charge in [0.1, 0.15) is 36.8 Å². The van der Waals surface area contributed by atoms with Gasteiger partial charge in [0.25, 0.3) is 0 Å². The lowest BCUT2D eigenvalue weighted by atomic mass is 9.88. The molecule has 1 N–H and O–H groups in total. The number of carbonyl (C=O) groups excluding carboxylic acids is 3. The number of carbonyl (C=O) groups is 3. The number of hydrogen-bond acceptors (Lipinski definition) is 10. The largest absolute Gasteiger partial charge is 0.487 e. The number of Topliss-reactive ketones (excluding diaryl/α,β-unsaturated/α-hetero) is 1. The number of fused-ring (bicyclic) bond motifs is 7. The highest BCUT2D eigenvalue weighted by molar-refractivity contribution is 5.92. The van der Waals surface area contributed by atoms with E-state index in [9.17, 15) is 14.4 Å². The summed E-state index contributed by atoms with van der Waals surface area (Å²) in [6.45, 7) is 5.93. The van der Waals surface area contributed by atoms with Crippen LogP contribution in [0.5, 0.6) is 11.6 Å². The molecule has 1 saturated heterocycles. The molecule has 2 aromatic heterocycles. The fourth-order valence-corrected chi connectivity index (χ4v) is 8.19. The maximum absolute atomic E-state index is 13.7. The summed E-state index contributed by atoms with van der Waals surface area (Å²) in [7, 11) is 0. The maximum Gasteiger partial charge on any atom is 0.407 e. The van der Waals surface area contributed by atoms with Gasteiger partial charge >= 0.3 is 6.09 Å². The molecule has 0 spiro atoms. The van der Waals surface area contributed by atoms with Crippen molar-refractivity contribution >= 4 is 28.8 Å². The Bertz CT molecular complexity index is 1690. The Morgan fingerprint density at radius 3 is 2.71 bits per heavy atom. The topological polar surface area (TPSA) is 146 Å².